The molecule has 0 heterocycles. The summed E-state index contributed by atoms with van der Waals surface area (Å²) in [5.41, 5.74) is 21.8. The van der Waals surface area contributed by atoms with Crippen molar-refractivity contribution in [1.82, 2.24) is 0 Å². The van der Waals surface area contributed by atoms with Crippen molar-refractivity contribution < 1.29 is 0 Å². The average molecular weight is 443 g/mol. The van der Waals surface area contributed by atoms with Crippen LogP contribution in [0.3, 0.4) is 0 Å². The topological polar surface area (TPSA) is 0 Å². The Bertz CT molecular complexity index is 1800. The summed E-state index contributed by atoms with van der Waals surface area (Å²) < 4.78 is 0. The third-order valence-corrected chi connectivity index (χ3v) is 8.76. The predicted octanol–water partition coefficient (Wildman–Crippen LogP) is 8.50. The van der Waals surface area contributed by atoms with Crippen molar-refractivity contribution in [3.8, 4) is 33.4 Å². The Kier molecular flexibility index (Phi) is 3.27. The zero-order valence-electron chi connectivity index (χ0n) is 19.3. The minimum Gasteiger partial charge on any atom is -0.0619 e. The van der Waals surface area contributed by atoms with Gasteiger partial charge in [0.25, 0.3) is 0 Å². The largest absolute Gasteiger partial charge is 0.0619 e. The second-order valence-corrected chi connectivity index (χ2v) is 10.4. The summed E-state index contributed by atoms with van der Waals surface area (Å²) in [5, 5.41) is 0. The number of hydrogen-bond donors (Lipinski definition) is 0. The van der Waals surface area contributed by atoms with E-state index in [1.165, 1.54) is 83.5 Å². The van der Waals surface area contributed by atoms with Crippen LogP contribution in [-0.2, 0) is 12.8 Å². The number of rotatable bonds is 0. The molecule has 9 rings (SSSR count). The normalized spacial score (nSPS) is 16.8. The first kappa shape index (κ1) is 18.2. The van der Waals surface area contributed by atoms with Gasteiger partial charge < -0.3 is 0 Å². The van der Waals surface area contributed by atoms with Crippen molar-refractivity contribution in [2.24, 2.45) is 0 Å². The molecule has 0 fully saturated rings. The number of benzene rings is 5. The van der Waals surface area contributed by atoms with E-state index in [4.69, 9.17) is 0 Å². The second-order valence-electron chi connectivity index (χ2n) is 10.4. The Hall–Kier alpha value is -4.16. The monoisotopic (exact) mass is 442 g/mol. The van der Waals surface area contributed by atoms with Crippen LogP contribution in [0.25, 0.3) is 45.0 Å². The van der Waals surface area contributed by atoms with E-state index in [1.807, 2.05) is 0 Å². The lowest BCUT2D eigenvalue weighted by Gasteiger charge is -2.32. The third kappa shape index (κ3) is 2.19. The van der Waals surface area contributed by atoms with E-state index in [9.17, 15) is 0 Å². The molecule has 5 aromatic carbocycles. The summed E-state index contributed by atoms with van der Waals surface area (Å²) in [4.78, 5) is 0. The van der Waals surface area contributed by atoms with Crippen LogP contribution in [0, 0.1) is 0 Å². The molecule has 0 aliphatic heterocycles. The second kappa shape index (κ2) is 6.29. The highest BCUT2D eigenvalue weighted by atomic mass is 14.4. The van der Waals surface area contributed by atoms with Gasteiger partial charge in [-0.15, -0.1) is 0 Å². The number of allylic oxidation sites excluding steroid dienone is 1. The lowest BCUT2D eigenvalue weighted by Crippen LogP contribution is -2.12. The van der Waals surface area contributed by atoms with E-state index < -0.39 is 0 Å². The van der Waals surface area contributed by atoms with E-state index in [-0.39, 0.29) is 5.92 Å². The van der Waals surface area contributed by atoms with Crippen molar-refractivity contribution in [3.05, 3.63) is 142 Å². The first-order valence-electron chi connectivity index (χ1n) is 12.7. The molecular formula is C35H22. The smallest absolute Gasteiger partial charge is 0.0364 e. The maximum atomic E-state index is 2.49. The summed E-state index contributed by atoms with van der Waals surface area (Å²) in [6.07, 6.45) is 4.56. The molecule has 1 atom stereocenters. The molecule has 0 spiro atoms. The third-order valence-electron chi connectivity index (χ3n) is 8.76. The van der Waals surface area contributed by atoms with Gasteiger partial charge in [-0.3, -0.25) is 0 Å². The highest BCUT2D eigenvalue weighted by Gasteiger charge is 2.41. The van der Waals surface area contributed by atoms with Gasteiger partial charge in [0.2, 0.25) is 0 Å². The Morgan fingerprint density at radius 2 is 1.09 bits per heavy atom. The van der Waals surface area contributed by atoms with Crippen LogP contribution in [0.5, 0.6) is 0 Å². The molecule has 0 bridgehead atoms. The highest BCUT2D eigenvalue weighted by Crippen LogP contribution is 2.61. The average Bonchev–Trinajstić information content (AvgIpc) is 3.59. The molecule has 0 heteroatoms. The molecule has 0 N–H and O–H groups in total. The van der Waals surface area contributed by atoms with Crippen LogP contribution in [0.15, 0.2) is 97.1 Å². The van der Waals surface area contributed by atoms with E-state index in [0.29, 0.717) is 0 Å². The van der Waals surface area contributed by atoms with Gasteiger partial charge in [0.1, 0.15) is 0 Å². The molecule has 0 saturated carbocycles. The molecular weight excluding hydrogens is 420 g/mol. The van der Waals surface area contributed by atoms with Crippen LogP contribution in [-0.4, -0.2) is 0 Å². The SMILES string of the molecule is C1=C2c3c(ccc4c3-c3ccccc3C4)-c3ccc4c(c3C2c2ccccc21)-c1ccccc1C4. The summed E-state index contributed by atoms with van der Waals surface area (Å²) in [6.45, 7) is 0. The summed E-state index contributed by atoms with van der Waals surface area (Å²) in [6, 6.07) is 36.7. The Balaban J connectivity index is 1.44. The fraction of sp³-hybridized carbons (Fsp3) is 0.0857. The Morgan fingerprint density at radius 3 is 1.89 bits per heavy atom. The standard InChI is InChI=1S/C35H22/c1-4-10-25-20(7-1)17-23-13-15-28-29-16-14-24-18-21-8-2-5-11-26(21)32(24)35(29)33-27-12-6-3-9-22(27)19-30(33)34(28)31(23)25/h1-16,19,33H,17-18H2. The van der Waals surface area contributed by atoms with E-state index in [2.05, 4.69) is 103 Å². The van der Waals surface area contributed by atoms with Gasteiger partial charge in [-0.05, 0) is 102 Å². The lowest BCUT2D eigenvalue weighted by atomic mass is 9.70. The van der Waals surface area contributed by atoms with Crippen molar-refractivity contribution >= 4 is 11.6 Å². The molecule has 4 aliphatic rings. The van der Waals surface area contributed by atoms with Crippen molar-refractivity contribution in [2.75, 3.05) is 0 Å². The van der Waals surface area contributed by atoms with Gasteiger partial charge in [0, 0.05) is 5.92 Å². The highest BCUT2D eigenvalue weighted by molar-refractivity contribution is 6.09. The van der Waals surface area contributed by atoms with Gasteiger partial charge in [-0.2, -0.15) is 0 Å². The fourth-order valence-electron chi connectivity index (χ4n) is 7.39. The molecule has 1 unspecified atom stereocenters. The zero-order chi connectivity index (χ0) is 22.7. The van der Waals surface area contributed by atoms with Gasteiger partial charge in [-0.25, -0.2) is 0 Å². The molecule has 4 aliphatic carbocycles. The van der Waals surface area contributed by atoms with Crippen LogP contribution in [0.1, 0.15) is 50.4 Å². The molecule has 0 saturated heterocycles. The summed E-state index contributed by atoms with van der Waals surface area (Å²) in [5.74, 6) is 0.286. The maximum absolute atomic E-state index is 2.49. The first-order valence-corrected chi connectivity index (χ1v) is 12.7. The minimum absolute atomic E-state index is 0.286. The summed E-state index contributed by atoms with van der Waals surface area (Å²) in [7, 11) is 0. The number of hydrogen-bond acceptors (Lipinski definition) is 0. The molecule has 0 radical (unpaired) electrons. The van der Waals surface area contributed by atoms with Gasteiger partial charge >= 0.3 is 0 Å². The molecule has 5 aromatic rings. The molecule has 0 amide bonds. The minimum atomic E-state index is 0.286. The maximum Gasteiger partial charge on any atom is 0.0364 e. The Labute approximate surface area is 205 Å². The molecule has 35 heavy (non-hydrogen) atoms. The lowest BCUT2D eigenvalue weighted by molar-refractivity contribution is 1.05. The van der Waals surface area contributed by atoms with Crippen LogP contribution < -0.4 is 0 Å². The van der Waals surface area contributed by atoms with Crippen molar-refractivity contribution in [1.29, 1.82) is 0 Å². The molecule has 0 aromatic heterocycles. The zero-order valence-corrected chi connectivity index (χ0v) is 19.3. The van der Waals surface area contributed by atoms with Gasteiger partial charge in [-0.1, -0.05) is 97.1 Å². The van der Waals surface area contributed by atoms with Crippen molar-refractivity contribution in [3.63, 3.8) is 0 Å². The van der Waals surface area contributed by atoms with Gasteiger partial charge in [0.15, 0.2) is 0 Å². The van der Waals surface area contributed by atoms with Gasteiger partial charge in [0.05, 0.1) is 0 Å². The molecule has 0 nitrogen and oxygen atoms in total. The first-order chi connectivity index (χ1) is 17.4. The van der Waals surface area contributed by atoms with Crippen LogP contribution in [0.4, 0.5) is 0 Å². The predicted molar refractivity (Wildman–Crippen MR) is 145 cm³/mol. The van der Waals surface area contributed by atoms with Crippen LogP contribution >= 0.6 is 0 Å². The van der Waals surface area contributed by atoms with E-state index in [0.717, 1.165) is 12.8 Å². The van der Waals surface area contributed by atoms with E-state index in [1.54, 1.807) is 0 Å². The number of fused-ring (bicyclic) bond motifs is 16. The Morgan fingerprint density at radius 1 is 0.457 bits per heavy atom. The van der Waals surface area contributed by atoms with Crippen LogP contribution in [0.2, 0.25) is 0 Å². The van der Waals surface area contributed by atoms with E-state index >= 15 is 0 Å². The van der Waals surface area contributed by atoms with Crippen molar-refractivity contribution in [2.45, 2.75) is 18.8 Å². The molecule has 162 valence electrons. The quantitative estimate of drug-likeness (QED) is 0.221. The summed E-state index contributed by atoms with van der Waals surface area (Å²) >= 11 is 0. The fourth-order valence-corrected chi connectivity index (χ4v) is 7.39.